The van der Waals surface area contributed by atoms with E-state index in [2.05, 4.69) is 15.9 Å². The van der Waals surface area contributed by atoms with Gasteiger partial charge in [0.1, 0.15) is 0 Å². The van der Waals surface area contributed by atoms with Crippen LogP contribution in [0, 0.1) is 11.3 Å². The molecule has 0 heterocycles. The minimum Gasteiger partial charge on any atom is -0.293 e. The Hall–Kier alpha value is -1.74. The maximum Gasteiger partial charge on any atom is 0.174 e. The van der Waals surface area contributed by atoms with Gasteiger partial charge in [-0.2, -0.15) is 0 Å². The number of carbonyl (C=O) groups excluding carboxylic acids is 2. The molecule has 2 bridgehead atoms. The van der Waals surface area contributed by atoms with E-state index in [1.807, 2.05) is 60.7 Å². The van der Waals surface area contributed by atoms with Gasteiger partial charge in [-0.05, 0) is 24.7 Å². The molecule has 5 rings (SSSR count). The molecule has 2 aromatic rings. The first-order valence-electron chi connectivity index (χ1n) is 7.91. The molecule has 0 unspecified atom stereocenters. The third-order valence-electron chi connectivity index (χ3n) is 5.26. The van der Waals surface area contributed by atoms with Crippen LogP contribution in [0.5, 0.6) is 0 Å². The molecule has 0 spiro atoms. The van der Waals surface area contributed by atoms with Gasteiger partial charge < -0.3 is 0 Å². The lowest BCUT2D eigenvalue weighted by molar-refractivity contribution is -0.0948. The number of alkyl halides is 1. The lowest BCUT2D eigenvalue weighted by Gasteiger charge is -2.70. The van der Waals surface area contributed by atoms with Crippen LogP contribution in [-0.2, 0) is 0 Å². The van der Waals surface area contributed by atoms with E-state index in [0.717, 1.165) is 19.3 Å². The molecule has 2 nitrogen and oxygen atoms in total. The van der Waals surface area contributed by atoms with Gasteiger partial charge in [0.25, 0.3) is 0 Å². The zero-order valence-corrected chi connectivity index (χ0v) is 14.3. The van der Waals surface area contributed by atoms with Gasteiger partial charge in [0.15, 0.2) is 11.6 Å². The topological polar surface area (TPSA) is 34.1 Å². The smallest absolute Gasteiger partial charge is 0.174 e. The number of hydrogen-bond donors (Lipinski definition) is 0. The first kappa shape index (κ1) is 14.8. The Morgan fingerprint density at radius 2 is 1.17 bits per heavy atom. The Bertz CT molecular complexity index is 695. The highest BCUT2D eigenvalue weighted by Gasteiger charge is 2.71. The number of Topliss-reactive ketones (excluding diaryl/α,β-unsaturated/α-hetero) is 2. The summed E-state index contributed by atoms with van der Waals surface area (Å²) in [5.74, 6) is -0.630. The second kappa shape index (κ2) is 5.13. The van der Waals surface area contributed by atoms with Crippen molar-refractivity contribution < 1.29 is 9.59 Å². The van der Waals surface area contributed by atoms with Crippen molar-refractivity contribution in [3.8, 4) is 0 Å². The van der Waals surface area contributed by atoms with Gasteiger partial charge in [0.05, 0.1) is 5.92 Å². The van der Waals surface area contributed by atoms with E-state index < -0.39 is 5.92 Å². The first-order chi connectivity index (χ1) is 11.0. The fourth-order valence-corrected chi connectivity index (χ4v) is 5.93. The van der Waals surface area contributed by atoms with Crippen LogP contribution in [0.25, 0.3) is 0 Å². The number of hydrogen-bond acceptors (Lipinski definition) is 2. The standard InChI is InChI=1S/C20H17BrO2/c21-20-11-19(12-20,13-20)16(17(22)14-7-3-1-4-8-14)18(23)15-9-5-2-6-10-15/h1-10,16H,11-13H2. The van der Waals surface area contributed by atoms with Crippen LogP contribution in [-0.4, -0.2) is 15.9 Å². The Balaban J connectivity index is 1.71. The number of benzene rings is 2. The van der Waals surface area contributed by atoms with E-state index in [1.165, 1.54) is 0 Å². The molecule has 3 heteroatoms. The van der Waals surface area contributed by atoms with Crippen LogP contribution in [0.15, 0.2) is 60.7 Å². The minimum absolute atomic E-state index is 0.0336. The summed E-state index contributed by atoms with van der Waals surface area (Å²) in [6.07, 6.45) is 2.76. The van der Waals surface area contributed by atoms with Crippen LogP contribution in [0.4, 0.5) is 0 Å². The number of carbonyl (C=O) groups is 2. The Kier molecular flexibility index (Phi) is 3.31. The summed E-state index contributed by atoms with van der Waals surface area (Å²) in [5.41, 5.74) is 1.12. The Morgan fingerprint density at radius 3 is 1.52 bits per heavy atom. The van der Waals surface area contributed by atoms with Crippen molar-refractivity contribution in [3.63, 3.8) is 0 Å². The predicted octanol–water partition coefficient (Wildman–Crippen LogP) is 4.69. The third kappa shape index (κ3) is 2.29. The molecule has 0 N–H and O–H groups in total. The van der Waals surface area contributed by atoms with Gasteiger partial charge in [-0.15, -0.1) is 0 Å². The molecule has 3 aliphatic rings. The van der Waals surface area contributed by atoms with Crippen molar-refractivity contribution in [1.82, 2.24) is 0 Å². The predicted molar refractivity (Wildman–Crippen MR) is 93.0 cm³/mol. The monoisotopic (exact) mass is 368 g/mol. The van der Waals surface area contributed by atoms with Gasteiger partial charge >= 0.3 is 0 Å². The fraction of sp³-hybridized carbons (Fsp3) is 0.300. The zero-order chi connectivity index (χ0) is 16.1. The highest BCUT2D eigenvalue weighted by Crippen LogP contribution is 2.75. The maximum atomic E-state index is 13.1. The molecule has 23 heavy (non-hydrogen) atoms. The van der Waals surface area contributed by atoms with E-state index >= 15 is 0 Å². The average molecular weight is 369 g/mol. The fourth-order valence-electron chi connectivity index (χ4n) is 4.26. The molecule has 0 atom stereocenters. The van der Waals surface area contributed by atoms with E-state index in [4.69, 9.17) is 0 Å². The lowest BCUT2D eigenvalue weighted by Crippen LogP contribution is -2.68. The molecule has 0 amide bonds. The summed E-state index contributed by atoms with van der Waals surface area (Å²) in [7, 11) is 0. The summed E-state index contributed by atoms with van der Waals surface area (Å²) in [5, 5.41) is 0. The van der Waals surface area contributed by atoms with E-state index in [-0.39, 0.29) is 21.3 Å². The molecule has 0 radical (unpaired) electrons. The molecule has 3 fully saturated rings. The van der Waals surface area contributed by atoms with E-state index in [1.54, 1.807) is 0 Å². The van der Waals surface area contributed by atoms with Crippen LogP contribution in [0.3, 0.4) is 0 Å². The van der Waals surface area contributed by atoms with Crippen LogP contribution < -0.4 is 0 Å². The molecular formula is C20H17BrO2. The highest BCUT2D eigenvalue weighted by molar-refractivity contribution is 9.10. The first-order valence-corrected chi connectivity index (χ1v) is 8.70. The second-order valence-electron chi connectivity index (χ2n) is 6.94. The summed E-state index contributed by atoms with van der Waals surface area (Å²) in [6, 6.07) is 18.4. The number of ketones is 2. The third-order valence-corrected chi connectivity index (χ3v) is 6.10. The van der Waals surface area contributed by atoms with Gasteiger partial charge in [0, 0.05) is 15.5 Å². The van der Waals surface area contributed by atoms with Crippen molar-refractivity contribution in [2.24, 2.45) is 11.3 Å². The van der Waals surface area contributed by atoms with Crippen LogP contribution in [0.1, 0.15) is 40.0 Å². The van der Waals surface area contributed by atoms with Crippen molar-refractivity contribution in [3.05, 3.63) is 71.8 Å². The van der Waals surface area contributed by atoms with Gasteiger partial charge in [-0.1, -0.05) is 76.6 Å². The van der Waals surface area contributed by atoms with Crippen LogP contribution in [0.2, 0.25) is 0 Å². The zero-order valence-electron chi connectivity index (χ0n) is 12.7. The lowest BCUT2D eigenvalue weighted by atomic mass is 9.38. The molecule has 0 aliphatic heterocycles. The molecule has 2 aromatic carbocycles. The summed E-state index contributed by atoms with van der Waals surface area (Å²) in [4.78, 5) is 26.2. The van der Waals surface area contributed by atoms with Gasteiger partial charge in [0.2, 0.25) is 0 Å². The SMILES string of the molecule is O=C(c1ccccc1)C(C(=O)c1ccccc1)C12CC(Br)(C1)C2. The van der Waals surface area contributed by atoms with E-state index in [0.29, 0.717) is 11.1 Å². The molecule has 3 saturated carbocycles. The van der Waals surface area contributed by atoms with Gasteiger partial charge in [-0.25, -0.2) is 0 Å². The normalized spacial score (nSPS) is 27.9. The minimum atomic E-state index is -0.563. The largest absolute Gasteiger partial charge is 0.293 e. The quantitative estimate of drug-likeness (QED) is 0.436. The molecular weight excluding hydrogens is 352 g/mol. The number of rotatable bonds is 5. The molecule has 0 aromatic heterocycles. The maximum absolute atomic E-state index is 13.1. The molecule has 116 valence electrons. The van der Waals surface area contributed by atoms with Crippen molar-refractivity contribution in [2.75, 3.05) is 0 Å². The highest BCUT2D eigenvalue weighted by atomic mass is 79.9. The van der Waals surface area contributed by atoms with Crippen molar-refractivity contribution >= 4 is 27.5 Å². The average Bonchev–Trinajstić information content (AvgIpc) is 2.53. The van der Waals surface area contributed by atoms with Crippen molar-refractivity contribution in [2.45, 2.75) is 23.6 Å². The second-order valence-corrected chi connectivity index (χ2v) is 8.62. The Labute approximate surface area is 144 Å². The van der Waals surface area contributed by atoms with Gasteiger partial charge in [-0.3, -0.25) is 9.59 Å². The van der Waals surface area contributed by atoms with Crippen LogP contribution >= 0.6 is 15.9 Å². The molecule has 0 saturated heterocycles. The summed E-state index contributed by atoms with van der Waals surface area (Å²) in [6.45, 7) is 0. The Morgan fingerprint density at radius 1 is 0.783 bits per heavy atom. The van der Waals surface area contributed by atoms with Crippen molar-refractivity contribution in [1.29, 1.82) is 0 Å². The van der Waals surface area contributed by atoms with E-state index in [9.17, 15) is 9.59 Å². The summed E-state index contributed by atoms with van der Waals surface area (Å²) >= 11 is 3.72. The number of halogens is 1. The molecule has 3 aliphatic carbocycles. The summed E-state index contributed by atoms with van der Waals surface area (Å²) < 4.78 is 0.180.